The van der Waals surface area contributed by atoms with Gasteiger partial charge in [0.15, 0.2) is 6.61 Å². The summed E-state index contributed by atoms with van der Waals surface area (Å²) in [7, 11) is 0. The van der Waals surface area contributed by atoms with Crippen LogP contribution in [-0.2, 0) is 16.1 Å². The van der Waals surface area contributed by atoms with Crippen LogP contribution in [0.1, 0.15) is 34.2 Å². The summed E-state index contributed by atoms with van der Waals surface area (Å²) in [6, 6.07) is 7.56. The predicted octanol–water partition coefficient (Wildman–Crippen LogP) is 4.17. The van der Waals surface area contributed by atoms with E-state index < -0.39 is 12.6 Å². The number of carbonyl (C=O) groups is 2. The van der Waals surface area contributed by atoms with Crippen molar-refractivity contribution in [3.05, 3.63) is 58.9 Å². The molecule has 27 heavy (non-hydrogen) atoms. The lowest BCUT2D eigenvalue weighted by Crippen LogP contribution is -2.13. The maximum absolute atomic E-state index is 12.3. The molecule has 144 valence electrons. The van der Waals surface area contributed by atoms with E-state index in [-0.39, 0.29) is 18.1 Å². The molecule has 0 unspecified atom stereocenters. The van der Waals surface area contributed by atoms with Crippen LogP contribution in [0.3, 0.4) is 0 Å². The summed E-state index contributed by atoms with van der Waals surface area (Å²) in [4.78, 5) is 24.0. The molecule has 0 bridgehead atoms. The second kappa shape index (κ2) is 9.12. The number of Topliss-reactive ketones (excluding diaryl/α,β-unsaturated/α-hetero) is 1. The minimum Gasteiger partial charge on any atom is -0.454 e. The molecule has 1 aromatic heterocycles. The number of ether oxygens (including phenoxy) is 2. The van der Waals surface area contributed by atoms with Crippen molar-refractivity contribution < 1.29 is 27.8 Å². The highest BCUT2D eigenvalue weighted by Gasteiger charge is 2.16. The average Bonchev–Trinajstić information content (AvgIpc) is 2.92. The highest BCUT2D eigenvalue weighted by atomic mass is 19.3. The zero-order valence-corrected chi connectivity index (χ0v) is 15.4. The van der Waals surface area contributed by atoms with E-state index in [1.165, 1.54) is 36.4 Å². The average molecular weight is 377 g/mol. The Kier molecular flexibility index (Phi) is 6.87. The topological polar surface area (TPSA) is 57.5 Å². The molecule has 0 aliphatic rings. The van der Waals surface area contributed by atoms with E-state index >= 15 is 0 Å². The molecule has 1 heterocycles. The van der Waals surface area contributed by atoms with Gasteiger partial charge in [0.1, 0.15) is 5.75 Å². The lowest BCUT2D eigenvalue weighted by molar-refractivity contribution is -0.136. The molecule has 7 heteroatoms. The summed E-state index contributed by atoms with van der Waals surface area (Å²) in [6.07, 6.45) is 2.63. The summed E-state index contributed by atoms with van der Waals surface area (Å²) in [5.41, 5.74) is 2.97. The van der Waals surface area contributed by atoms with Crippen molar-refractivity contribution in [2.75, 3.05) is 6.61 Å². The minimum atomic E-state index is -2.89. The zero-order valence-electron chi connectivity index (χ0n) is 15.4. The molecule has 0 atom stereocenters. The third-order valence-corrected chi connectivity index (χ3v) is 4.05. The largest absolute Gasteiger partial charge is 0.454 e. The molecule has 0 fully saturated rings. The first-order chi connectivity index (χ1) is 12.8. The molecule has 0 aliphatic heterocycles. The normalized spacial score (nSPS) is 11.2. The third-order valence-electron chi connectivity index (χ3n) is 4.05. The molecule has 0 spiro atoms. The molecule has 1 aromatic carbocycles. The van der Waals surface area contributed by atoms with Crippen LogP contribution in [0.4, 0.5) is 8.78 Å². The summed E-state index contributed by atoms with van der Waals surface area (Å²) in [6.45, 7) is 3.28. The van der Waals surface area contributed by atoms with E-state index in [2.05, 4.69) is 4.74 Å². The van der Waals surface area contributed by atoms with Crippen molar-refractivity contribution in [1.82, 2.24) is 4.57 Å². The molecular weight excluding hydrogens is 356 g/mol. The number of nitrogens with zero attached hydrogens (tertiary/aromatic N) is 1. The maximum atomic E-state index is 12.3. The number of carbonyl (C=O) groups excluding carboxylic acids is 2. The smallest absolute Gasteiger partial charge is 0.387 e. The molecule has 0 amide bonds. The molecule has 0 saturated heterocycles. The quantitative estimate of drug-likeness (QED) is 0.394. The molecule has 2 rings (SSSR count). The van der Waals surface area contributed by atoms with Crippen LogP contribution in [0.5, 0.6) is 5.75 Å². The molecule has 0 N–H and O–H groups in total. The van der Waals surface area contributed by atoms with Crippen LogP contribution in [0.2, 0.25) is 0 Å². The first-order valence-corrected chi connectivity index (χ1v) is 8.41. The summed E-state index contributed by atoms with van der Waals surface area (Å²) >= 11 is 0. The standard InChI is InChI=1S/C20H21F2NO4/c1-4-23-13(2)11-17(14(23)3)18(24)12-26-19(25)10-7-15-5-8-16(9-6-15)27-20(21)22/h5-11,20H,4,12H2,1-3H3/b10-7+. The third kappa shape index (κ3) is 5.51. The fraction of sp³-hybridized carbons (Fsp3) is 0.300. The molecular formula is C20H21F2NO4. The number of alkyl halides is 2. The van der Waals surface area contributed by atoms with Crippen molar-refractivity contribution in [2.45, 2.75) is 33.9 Å². The highest BCUT2D eigenvalue weighted by Crippen LogP contribution is 2.17. The summed E-state index contributed by atoms with van der Waals surface area (Å²) in [5, 5.41) is 0. The number of esters is 1. The van der Waals surface area contributed by atoms with E-state index in [1.807, 2.05) is 25.3 Å². The molecule has 0 saturated carbocycles. The van der Waals surface area contributed by atoms with Gasteiger partial charge >= 0.3 is 12.6 Å². The van der Waals surface area contributed by atoms with Crippen LogP contribution >= 0.6 is 0 Å². The Hall–Kier alpha value is -2.96. The van der Waals surface area contributed by atoms with Gasteiger partial charge in [-0.05, 0) is 50.6 Å². The maximum Gasteiger partial charge on any atom is 0.387 e. The number of halogens is 2. The van der Waals surface area contributed by atoms with Crippen molar-refractivity contribution >= 4 is 17.8 Å². The number of ketones is 1. The van der Waals surface area contributed by atoms with Crippen LogP contribution in [-0.4, -0.2) is 29.5 Å². The van der Waals surface area contributed by atoms with E-state index in [1.54, 1.807) is 6.07 Å². The SMILES string of the molecule is CCn1c(C)cc(C(=O)COC(=O)/C=C/c2ccc(OC(F)F)cc2)c1C. The number of aromatic nitrogens is 1. The first kappa shape index (κ1) is 20.4. The van der Waals surface area contributed by atoms with Gasteiger partial charge < -0.3 is 14.0 Å². The Morgan fingerprint density at radius 1 is 1.19 bits per heavy atom. The van der Waals surface area contributed by atoms with E-state index in [4.69, 9.17) is 4.74 Å². The van der Waals surface area contributed by atoms with Gasteiger partial charge in [-0.15, -0.1) is 0 Å². The van der Waals surface area contributed by atoms with Crippen LogP contribution in [0.15, 0.2) is 36.4 Å². The van der Waals surface area contributed by atoms with Gasteiger partial charge in [0.2, 0.25) is 5.78 Å². The molecule has 0 aliphatic carbocycles. The lowest BCUT2D eigenvalue weighted by Gasteiger charge is -2.06. The molecule has 5 nitrogen and oxygen atoms in total. The second-order valence-electron chi connectivity index (χ2n) is 5.84. The van der Waals surface area contributed by atoms with Crippen molar-refractivity contribution in [3.63, 3.8) is 0 Å². The number of rotatable bonds is 8. The Morgan fingerprint density at radius 2 is 1.85 bits per heavy atom. The lowest BCUT2D eigenvalue weighted by atomic mass is 10.1. The van der Waals surface area contributed by atoms with Crippen molar-refractivity contribution in [2.24, 2.45) is 0 Å². The van der Waals surface area contributed by atoms with Gasteiger partial charge in [-0.25, -0.2) is 4.79 Å². The Labute approximate surface area is 156 Å². The van der Waals surface area contributed by atoms with E-state index in [0.717, 1.165) is 17.9 Å². The highest BCUT2D eigenvalue weighted by molar-refractivity contribution is 6.00. The monoisotopic (exact) mass is 377 g/mol. The molecule has 2 aromatic rings. The Balaban J connectivity index is 1.90. The number of hydrogen-bond acceptors (Lipinski definition) is 4. The predicted molar refractivity (Wildman–Crippen MR) is 97.0 cm³/mol. The van der Waals surface area contributed by atoms with Crippen LogP contribution in [0, 0.1) is 13.8 Å². The van der Waals surface area contributed by atoms with Gasteiger partial charge in [-0.2, -0.15) is 8.78 Å². The number of aryl methyl sites for hydroxylation is 1. The summed E-state index contributed by atoms with van der Waals surface area (Å²) in [5.74, 6) is -0.904. The van der Waals surface area contributed by atoms with Crippen LogP contribution < -0.4 is 4.74 Å². The molecule has 0 radical (unpaired) electrons. The van der Waals surface area contributed by atoms with Gasteiger partial charge in [0.25, 0.3) is 0 Å². The number of hydrogen-bond donors (Lipinski definition) is 0. The van der Waals surface area contributed by atoms with Gasteiger partial charge in [-0.3, -0.25) is 4.79 Å². The fourth-order valence-electron chi connectivity index (χ4n) is 2.76. The minimum absolute atomic E-state index is 0.0278. The Morgan fingerprint density at radius 3 is 2.41 bits per heavy atom. The van der Waals surface area contributed by atoms with Gasteiger partial charge in [0.05, 0.1) is 0 Å². The van der Waals surface area contributed by atoms with E-state index in [0.29, 0.717) is 11.1 Å². The second-order valence-corrected chi connectivity index (χ2v) is 5.84. The fourth-order valence-corrected chi connectivity index (χ4v) is 2.76. The summed E-state index contributed by atoms with van der Waals surface area (Å²) < 4.78 is 35.4. The number of benzene rings is 1. The van der Waals surface area contributed by atoms with Gasteiger partial charge in [0, 0.05) is 29.6 Å². The first-order valence-electron chi connectivity index (χ1n) is 8.41. The zero-order chi connectivity index (χ0) is 20.0. The van der Waals surface area contributed by atoms with Crippen molar-refractivity contribution in [3.8, 4) is 5.75 Å². The van der Waals surface area contributed by atoms with Gasteiger partial charge in [-0.1, -0.05) is 12.1 Å². The van der Waals surface area contributed by atoms with E-state index in [9.17, 15) is 18.4 Å². The van der Waals surface area contributed by atoms with Crippen LogP contribution in [0.25, 0.3) is 6.08 Å². The Bertz CT molecular complexity index is 838. The van der Waals surface area contributed by atoms with Crippen molar-refractivity contribution in [1.29, 1.82) is 0 Å².